The first-order chi connectivity index (χ1) is 26.3. The van der Waals surface area contributed by atoms with Crippen LogP contribution in [0, 0.1) is 0 Å². The lowest BCUT2D eigenvalue weighted by Gasteiger charge is -2.36. The molecule has 0 aliphatic heterocycles. The Bertz CT molecular complexity index is 2890. The average molecular weight is 675 g/mol. The van der Waals surface area contributed by atoms with Gasteiger partial charge in [0, 0.05) is 27.2 Å². The van der Waals surface area contributed by atoms with Crippen LogP contribution in [-0.4, -0.2) is 4.57 Å². The molecule has 1 aliphatic carbocycles. The zero-order chi connectivity index (χ0) is 34.9. The number of fused-ring (bicyclic) bond motifs is 8. The van der Waals surface area contributed by atoms with Crippen molar-refractivity contribution in [1.82, 2.24) is 4.57 Å². The summed E-state index contributed by atoms with van der Waals surface area (Å²) in [6.07, 6.45) is 0. The van der Waals surface area contributed by atoms with Crippen LogP contribution in [0.4, 0.5) is 17.1 Å². The highest BCUT2D eigenvalue weighted by Gasteiger charge is 2.47. The summed E-state index contributed by atoms with van der Waals surface area (Å²) in [5.74, 6) is 0. The molecule has 1 aliphatic rings. The van der Waals surface area contributed by atoms with Gasteiger partial charge in [-0.1, -0.05) is 170 Å². The number of hydrogen-bond acceptors (Lipinski definition) is 1. The van der Waals surface area contributed by atoms with Gasteiger partial charge in [-0.05, 0) is 75.0 Å². The summed E-state index contributed by atoms with van der Waals surface area (Å²) >= 11 is 0. The zero-order valence-corrected chi connectivity index (χ0v) is 29.0. The van der Waals surface area contributed by atoms with Gasteiger partial charge in [0.1, 0.15) is 5.54 Å². The lowest BCUT2D eigenvalue weighted by atomic mass is 9.80. The van der Waals surface area contributed by atoms with Gasteiger partial charge in [0.2, 0.25) is 0 Å². The summed E-state index contributed by atoms with van der Waals surface area (Å²) in [4.78, 5) is 2.46. The van der Waals surface area contributed by atoms with Crippen LogP contribution in [0.3, 0.4) is 0 Å². The van der Waals surface area contributed by atoms with Crippen LogP contribution in [0.2, 0.25) is 0 Å². The molecule has 0 atom stereocenters. The van der Waals surface area contributed by atoms with Crippen LogP contribution in [0.25, 0.3) is 54.5 Å². The van der Waals surface area contributed by atoms with Crippen molar-refractivity contribution >= 4 is 60.4 Å². The van der Waals surface area contributed by atoms with Gasteiger partial charge in [0.05, 0.1) is 22.4 Å². The lowest BCUT2D eigenvalue weighted by molar-refractivity contribution is 0.564. The second-order valence-corrected chi connectivity index (χ2v) is 14.1. The van der Waals surface area contributed by atoms with E-state index in [9.17, 15) is 0 Å². The SMILES string of the molecule is c1ccc(C2(n3c4ccccc4c4cc(N(c5cccc6ccccc56)c5cccc6ccccc56)ccc43)c3ccccc3-c3ccccc32)cc1. The minimum atomic E-state index is -0.581. The van der Waals surface area contributed by atoms with Crippen molar-refractivity contribution in [2.75, 3.05) is 4.90 Å². The third-order valence-corrected chi connectivity index (χ3v) is 11.4. The van der Waals surface area contributed by atoms with Crippen LogP contribution in [0.15, 0.2) is 206 Å². The van der Waals surface area contributed by atoms with Crippen LogP contribution in [-0.2, 0) is 5.54 Å². The highest BCUT2D eigenvalue weighted by Crippen LogP contribution is 2.56. The van der Waals surface area contributed by atoms with Crippen molar-refractivity contribution in [2.24, 2.45) is 0 Å². The number of para-hydroxylation sites is 1. The second-order valence-electron chi connectivity index (χ2n) is 14.1. The van der Waals surface area contributed by atoms with Crippen LogP contribution in [0.1, 0.15) is 16.7 Å². The summed E-state index contributed by atoms with van der Waals surface area (Å²) in [5.41, 5.74) is 11.7. The standard InChI is InChI=1S/C51H34N2/c1-2-20-37(21-3-1)51(45-27-11-8-24-41(45)42-25-9-12-28-46(42)51)53-49-29-13-10-26-43(49)44-34-38(32-33-50(44)53)52(47-30-14-18-35-16-4-6-22-39(35)47)48-31-15-19-36-17-5-7-23-40(36)48/h1-34H. The molecule has 2 heteroatoms. The Kier molecular flexibility index (Phi) is 6.50. The first kappa shape index (κ1) is 29.8. The predicted octanol–water partition coefficient (Wildman–Crippen LogP) is 13.4. The fourth-order valence-corrected chi connectivity index (χ4v) is 9.25. The van der Waals surface area contributed by atoms with Crippen molar-refractivity contribution in [3.63, 3.8) is 0 Å². The van der Waals surface area contributed by atoms with E-state index in [1.807, 2.05) is 0 Å². The molecule has 1 aromatic heterocycles. The number of aromatic nitrogens is 1. The van der Waals surface area contributed by atoms with Gasteiger partial charge in [0.25, 0.3) is 0 Å². The Labute approximate surface area is 308 Å². The van der Waals surface area contributed by atoms with E-state index in [1.54, 1.807) is 0 Å². The molecule has 0 fully saturated rings. The van der Waals surface area contributed by atoms with Crippen molar-refractivity contribution in [2.45, 2.75) is 5.54 Å². The highest BCUT2D eigenvalue weighted by atomic mass is 15.1. The molecule has 0 spiro atoms. The summed E-state index contributed by atoms with van der Waals surface area (Å²) < 4.78 is 2.63. The molecule has 53 heavy (non-hydrogen) atoms. The third-order valence-electron chi connectivity index (χ3n) is 11.4. The summed E-state index contributed by atoms with van der Waals surface area (Å²) in [6, 6.07) is 75.8. The molecule has 11 rings (SSSR count). The zero-order valence-electron chi connectivity index (χ0n) is 29.0. The molecule has 0 unspecified atom stereocenters. The molecule has 0 amide bonds. The molecule has 248 valence electrons. The fourth-order valence-electron chi connectivity index (χ4n) is 9.25. The predicted molar refractivity (Wildman–Crippen MR) is 223 cm³/mol. The van der Waals surface area contributed by atoms with E-state index in [0.717, 1.165) is 17.1 Å². The fraction of sp³-hybridized carbons (Fsp3) is 0.0196. The quantitative estimate of drug-likeness (QED) is 0.176. The maximum atomic E-state index is 2.63. The number of benzene rings is 9. The molecule has 0 radical (unpaired) electrons. The van der Waals surface area contributed by atoms with Gasteiger partial charge in [-0.3, -0.25) is 0 Å². The Balaban J connectivity index is 1.25. The van der Waals surface area contributed by atoms with Gasteiger partial charge in [-0.25, -0.2) is 0 Å². The molecular formula is C51H34N2. The van der Waals surface area contributed by atoms with Crippen molar-refractivity contribution in [3.05, 3.63) is 223 Å². The molecular weight excluding hydrogens is 641 g/mol. The molecule has 0 bridgehead atoms. The maximum Gasteiger partial charge on any atom is 0.122 e. The van der Waals surface area contributed by atoms with Crippen LogP contribution >= 0.6 is 0 Å². The Morgan fingerprint density at radius 3 is 1.49 bits per heavy atom. The Hall–Kier alpha value is -6.90. The second kappa shape index (κ2) is 11.6. The first-order valence-electron chi connectivity index (χ1n) is 18.4. The maximum absolute atomic E-state index is 2.63. The van der Waals surface area contributed by atoms with E-state index in [1.165, 1.54) is 71.2 Å². The monoisotopic (exact) mass is 674 g/mol. The van der Waals surface area contributed by atoms with E-state index >= 15 is 0 Å². The summed E-state index contributed by atoms with van der Waals surface area (Å²) in [5, 5.41) is 7.32. The van der Waals surface area contributed by atoms with Crippen molar-refractivity contribution in [1.29, 1.82) is 0 Å². The number of anilines is 3. The van der Waals surface area contributed by atoms with Gasteiger partial charge in [-0.15, -0.1) is 0 Å². The van der Waals surface area contributed by atoms with Crippen LogP contribution in [0.5, 0.6) is 0 Å². The van der Waals surface area contributed by atoms with E-state index in [0.29, 0.717) is 0 Å². The first-order valence-corrected chi connectivity index (χ1v) is 18.4. The molecule has 9 aromatic carbocycles. The molecule has 10 aromatic rings. The highest BCUT2D eigenvalue weighted by molar-refractivity contribution is 6.12. The van der Waals surface area contributed by atoms with Crippen molar-refractivity contribution in [3.8, 4) is 11.1 Å². The average Bonchev–Trinajstić information content (AvgIpc) is 3.72. The minimum Gasteiger partial charge on any atom is -0.322 e. The van der Waals surface area contributed by atoms with E-state index in [2.05, 4.69) is 216 Å². The minimum absolute atomic E-state index is 0.581. The molecule has 2 nitrogen and oxygen atoms in total. The topological polar surface area (TPSA) is 8.17 Å². The summed E-state index contributed by atoms with van der Waals surface area (Å²) in [6.45, 7) is 0. The normalized spacial score (nSPS) is 13.1. The third kappa shape index (κ3) is 4.21. The molecule has 0 saturated heterocycles. The van der Waals surface area contributed by atoms with Gasteiger partial charge in [-0.2, -0.15) is 0 Å². The molecule has 0 N–H and O–H groups in total. The van der Waals surface area contributed by atoms with Gasteiger partial charge >= 0.3 is 0 Å². The Morgan fingerprint density at radius 1 is 0.358 bits per heavy atom. The van der Waals surface area contributed by atoms with Gasteiger partial charge in [0.15, 0.2) is 0 Å². The number of hydrogen-bond donors (Lipinski definition) is 0. The van der Waals surface area contributed by atoms with Gasteiger partial charge < -0.3 is 9.47 Å². The number of nitrogens with zero attached hydrogens (tertiary/aromatic N) is 2. The van der Waals surface area contributed by atoms with E-state index in [4.69, 9.17) is 0 Å². The smallest absolute Gasteiger partial charge is 0.122 e. The molecule has 1 heterocycles. The van der Waals surface area contributed by atoms with E-state index < -0.39 is 5.54 Å². The summed E-state index contributed by atoms with van der Waals surface area (Å²) in [7, 11) is 0. The lowest BCUT2D eigenvalue weighted by Crippen LogP contribution is -2.35. The molecule has 0 saturated carbocycles. The van der Waals surface area contributed by atoms with Crippen LogP contribution < -0.4 is 4.90 Å². The van der Waals surface area contributed by atoms with Crippen molar-refractivity contribution < 1.29 is 0 Å². The van der Waals surface area contributed by atoms with E-state index in [-0.39, 0.29) is 0 Å². The number of rotatable bonds is 5. The Morgan fingerprint density at radius 2 is 0.849 bits per heavy atom. The largest absolute Gasteiger partial charge is 0.322 e.